The lowest BCUT2D eigenvalue weighted by Crippen LogP contribution is -2.18. The van der Waals surface area contributed by atoms with Crippen LogP contribution in [0.5, 0.6) is 0 Å². The maximum absolute atomic E-state index is 10.9. The van der Waals surface area contributed by atoms with Gasteiger partial charge in [-0.15, -0.1) is 0 Å². The molecule has 0 amide bonds. The summed E-state index contributed by atoms with van der Waals surface area (Å²) in [6, 6.07) is 0. The summed E-state index contributed by atoms with van der Waals surface area (Å²) in [6.45, 7) is 4.58. The molecular weight excluding hydrogens is 144 g/mol. The number of carbonyl (C=O) groups excluding carboxylic acids is 3. The number of ketones is 3. The van der Waals surface area contributed by atoms with Crippen LogP contribution in [-0.2, 0) is 14.4 Å². The Balaban J connectivity index is 3.96. The van der Waals surface area contributed by atoms with Gasteiger partial charge in [-0.25, -0.2) is 0 Å². The van der Waals surface area contributed by atoms with E-state index in [4.69, 9.17) is 0 Å². The highest BCUT2D eigenvalue weighted by Gasteiger charge is 2.15. The predicted octanol–water partition coefficient (Wildman–Crippen LogP) is 0.760. The van der Waals surface area contributed by atoms with Crippen LogP contribution in [0.3, 0.4) is 0 Å². The minimum Gasteiger partial charge on any atom is -0.299 e. The Morgan fingerprint density at radius 3 is 1.91 bits per heavy atom. The van der Waals surface area contributed by atoms with Gasteiger partial charge in [0.1, 0.15) is 5.78 Å². The molecule has 0 saturated carbocycles. The molecule has 11 heavy (non-hydrogen) atoms. The van der Waals surface area contributed by atoms with E-state index in [2.05, 4.69) is 0 Å². The normalized spacial score (nSPS) is 9.82. The Morgan fingerprint density at radius 2 is 1.64 bits per heavy atom. The smallest absolute Gasteiger partial charge is 0.205 e. The maximum atomic E-state index is 10.9. The van der Waals surface area contributed by atoms with Crippen LogP contribution in [0.4, 0.5) is 0 Å². The molecule has 0 spiro atoms. The monoisotopic (exact) mass is 156 g/mol. The van der Waals surface area contributed by atoms with Gasteiger partial charge in [-0.2, -0.15) is 0 Å². The zero-order chi connectivity index (χ0) is 9.02. The molecule has 3 nitrogen and oxygen atoms in total. The van der Waals surface area contributed by atoms with Crippen molar-refractivity contribution in [3.05, 3.63) is 0 Å². The van der Waals surface area contributed by atoms with Crippen molar-refractivity contribution in [1.82, 2.24) is 0 Å². The molecule has 0 aliphatic rings. The number of hydrogen-bond donors (Lipinski definition) is 0. The summed E-state index contributed by atoms with van der Waals surface area (Å²) >= 11 is 0. The summed E-state index contributed by atoms with van der Waals surface area (Å²) in [4.78, 5) is 32.0. The molecule has 0 rings (SSSR count). The van der Waals surface area contributed by atoms with Crippen molar-refractivity contribution in [2.24, 2.45) is 5.92 Å². The molecule has 0 aromatic carbocycles. The average Bonchev–Trinajstić information content (AvgIpc) is 1.87. The largest absolute Gasteiger partial charge is 0.299 e. The van der Waals surface area contributed by atoms with E-state index >= 15 is 0 Å². The van der Waals surface area contributed by atoms with Gasteiger partial charge in [-0.05, 0) is 0 Å². The Morgan fingerprint density at radius 1 is 1.18 bits per heavy atom. The average molecular weight is 156 g/mol. The van der Waals surface area contributed by atoms with Crippen LogP contribution in [0.1, 0.15) is 27.2 Å². The first-order chi connectivity index (χ1) is 4.95. The van der Waals surface area contributed by atoms with E-state index in [0.717, 1.165) is 0 Å². The summed E-state index contributed by atoms with van der Waals surface area (Å²) in [7, 11) is 0. The first-order valence-electron chi connectivity index (χ1n) is 3.51. The molecule has 0 unspecified atom stereocenters. The number of Topliss-reactive ketones (excluding diaryl/α,β-unsaturated/α-hetero) is 3. The maximum Gasteiger partial charge on any atom is 0.205 e. The molecule has 0 heterocycles. The van der Waals surface area contributed by atoms with Crippen LogP contribution in [0.25, 0.3) is 0 Å². The van der Waals surface area contributed by atoms with E-state index in [1.807, 2.05) is 0 Å². The summed E-state index contributed by atoms with van der Waals surface area (Å²) in [5.41, 5.74) is 0. The van der Waals surface area contributed by atoms with E-state index in [9.17, 15) is 14.4 Å². The summed E-state index contributed by atoms with van der Waals surface area (Å²) in [6.07, 6.45) is -0.243. The van der Waals surface area contributed by atoms with E-state index in [1.165, 1.54) is 6.92 Å². The predicted molar refractivity (Wildman–Crippen MR) is 40.2 cm³/mol. The van der Waals surface area contributed by atoms with Gasteiger partial charge in [0, 0.05) is 12.8 Å². The molecule has 62 valence electrons. The van der Waals surface area contributed by atoms with Crippen molar-refractivity contribution in [3.63, 3.8) is 0 Å². The molecule has 0 aromatic rings. The fourth-order valence-electron chi connectivity index (χ4n) is 0.487. The van der Waals surface area contributed by atoms with Crippen molar-refractivity contribution in [2.45, 2.75) is 27.2 Å². The first kappa shape index (κ1) is 10.0. The Labute approximate surface area is 65.8 Å². The van der Waals surface area contributed by atoms with Crippen LogP contribution in [0.2, 0.25) is 0 Å². The van der Waals surface area contributed by atoms with E-state index in [1.54, 1.807) is 13.8 Å². The van der Waals surface area contributed by atoms with Crippen LogP contribution < -0.4 is 0 Å². The van der Waals surface area contributed by atoms with Crippen LogP contribution in [-0.4, -0.2) is 17.3 Å². The van der Waals surface area contributed by atoms with Crippen molar-refractivity contribution in [1.29, 1.82) is 0 Å². The van der Waals surface area contributed by atoms with Crippen molar-refractivity contribution < 1.29 is 14.4 Å². The Kier molecular flexibility index (Phi) is 3.65. The molecule has 0 aliphatic carbocycles. The molecule has 0 saturated heterocycles. The third-order valence-corrected chi connectivity index (χ3v) is 1.37. The first-order valence-corrected chi connectivity index (χ1v) is 3.51. The quantitative estimate of drug-likeness (QED) is 0.446. The number of rotatable bonds is 4. The number of carbonyl (C=O) groups is 3. The third kappa shape index (κ3) is 3.65. The zero-order valence-electron chi connectivity index (χ0n) is 7.01. The highest BCUT2D eigenvalue weighted by molar-refractivity contribution is 6.39. The Bertz CT molecular complexity index is 192. The Hall–Kier alpha value is -0.990. The van der Waals surface area contributed by atoms with Gasteiger partial charge < -0.3 is 0 Å². The van der Waals surface area contributed by atoms with E-state index in [-0.39, 0.29) is 18.1 Å². The molecule has 0 fully saturated rings. The molecule has 3 heteroatoms. The van der Waals surface area contributed by atoms with Gasteiger partial charge >= 0.3 is 0 Å². The van der Waals surface area contributed by atoms with Crippen LogP contribution >= 0.6 is 0 Å². The molecule has 0 bridgehead atoms. The van der Waals surface area contributed by atoms with Gasteiger partial charge in [0.2, 0.25) is 5.78 Å². The molecule has 0 aliphatic heterocycles. The highest BCUT2D eigenvalue weighted by Crippen LogP contribution is 1.99. The van der Waals surface area contributed by atoms with Gasteiger partial charge in [0.15, 0.2) is 5.78 Å². The fourth-order valence-corrected chi connectivity index (χ4v) is 0.487. The van der Waals surface area contributed by atoms with E-state index < -0.39 is 11.6 Å². The van der Waals surface area contributed by atoms with Gasteiger partial charge in [-0.3, -0.25) is 14.4 Å². The number of hydrogen-bond acceptors (Lipinski definition) is 3. The molecule has 0 radical (unpaired) electrons. The minimum absolute atomic E-state index is 0.168. The summed E-state index contributed by atoms with van der Waals surface area (Å²) in [5, 5.41) is 0. The summed E-state index contributed by atoms with van der Waals surface area (Å²) in [5.74, 6) is -1.48. The molecule has 0 aromatic heterocycles. The van der Waals surface area contributed by atoms with Crippen molar-refractivity contribution >= 4 is 17.3 Å². The lowest BCUT2D eigenvalue weighted by atomic mass is 10.0. The van der Waals surface area contributed by atoms with Crippen LogP contribution in [0, 0.1) is 5.92 Å². The second-order valence-electron chi connectivity index (χ2n) is 2.78. The SMILES string of the molecule is CC(=O)C(=O)CC(=O)C(C)C. The highest BCUT2D eigenvalue weighted by atomic mass is 16.2. The van der Waals surface area contributed by atoms with E-state index in [0.29, 0.717) is 0 Å². The van der Waals surface area contributed by atoms with Crippen molar-refractivity contribution in [2.75, 3.05) is 0 Å². The van der Waals surface area contributed by atoms with Gasteiger partial charge in [-0.1, -0.05) is 13.8 Å². The topological polar surface area (TPSA) is 51.2 Å². The zero-order valence-corrected chi connectivity index (χ0v) is 7.01. The van der Waals surface area contributed by atoms with Gasteiger partial charge in [0.05, 0.1) is 6.42 Å². The summed E-state index contributed by atoms with van der Waals surface area (Å²) < 4.78 is 0. The standard InChI is InChI=1S/C8H12O3/c1-5(2)7(10)4-8(11)6(3)9/h5H,4H2,1-3H3. The second-order valence-corrected chi connectivity index (χ2v) is 2.78. The second kappa shape index (κ2) is 4.01. The van der Waals surface area contributed by atoms with Gasteiger partial charge in [0.25, 0.3) is 0 Å². The third-order valence-electron chi connectivity index (χ3n) is 1.37. The van der Waals surface area contributed by atoms with Crippen molar-refractivity contribution in [3.8, 4) is 0 Å². The fraction of sp³-hybridized carbons (Fsp3) is 0.625. The minimum atomic E-state index is -0.594. The van der Waals surface area contributed by atoms with Crippen LogP contribution in [0.15, 0.2) is 0 Å². The molecule has 0 atom stereocenters. The molecule has 0 N–H and O–H groups in total. The lowest BCUT2D eigenvalue weighted by molar-refractivity contribution is -0.138. The lowest BCUT2D eigenvalue weighted by Gasteiger charge is -1.99. The molecular formula is C8H12O3.